The summed E-state index contributed by atoms with van der Waals surface area (Å²) in [5.74, 6) is -0.356. The maximum Gasteiger partial charge on any atom is 0.416 e. The van der Waals surface area contributed by atoms with E-state index in [0.29, 0.717) is 5.56 Å². The highest BCUT2D eigenvalue weighted by atomic mass is 19.4. The van der Waals surface area contributed by atoms with Gasteiger partial charge in [0.15, 0.2) is 0 Å². The summed E-state index contributed by atoms with van der Waals surface area (Å²) in [6.45, 7) is 1.67. The van der Waals surface area contributed by atoms with Gasteiger partial charge in [0.2, 0.25) is 0 Å². The van der Waals surface area contributed by atoms with Crippen LogP contribution in [0.15, 0.2) is 36.7 Å². The van der Waals surface area contributed by atoms with E-state index in [-0.39, 0.29) is 17.9 Å². The average Bonchev–Trinajstić information content (AvgIpc) is 2.84. The van der Waals surface area contributed by atoms with Gasteiger partial charge in [0.1, 0.15) is 0 Å². The lowest BCUT2D eigenvalue weighted by atomic mass is 10.0. The number of nitrogens with one attached hydrogen (secondary N) is 1. The first kappa shape index (κ1) is 16.1. The fraction of sp³-hybridized carbons (Fsp3) is 0.333. The van der Waals surface area contributed by atoms with Crippen molar-refractivity contribution < 1.29 is 18.0 Å². The number of hydrogen-bond donors (Lipinski definition) is 1. The highest BCUT2D eigenvalue weighted by Crippen LogP contribution is 2.32. The van der Waals surface area contributed by atoms with Gasteiger partial charge < -0.3 is 5.32 Å². The summed E-state index contributed by atoms with van der Waals surface area (Å²) in [5, 5.41) is 6.56. The summed E-state index contributed by atoms with van der Waals surface area (Å²) >= 11 is 0. The Kier molecular flexibility index (Phi) is 4.54. The molecule has 0 fully saturated rings. The third-order valence-corrected chi connectivity index (χ3v) is 3.19. The number of aryl methyl sites for hydroxylation is 1. The van der Waals surface area contributed by atoms with Crippen LogP contribution in [0.4, 0.5) is 13.2 Å². The second kappa shape index (κ2) is 6.21. The predicted molar refractivity (Wildman–Crippen MR) is 75.3 cm³/mol. The Hall–Kier alpha value is -2.31. The Morgan fingerprint density at radius 2 is 2.05 bits per heavy atom. The van der Waals surface area contributed by atoms with E-state index in [4.69, 9.17) is 0 Å². The van der Waals surface area contributed by atoms with Crippen LogP contribution in [0.2, 0.25) is 0 Å². The number of hydrogen-bond acceptors (Lipinski definition) is 2. The smallest absolute Gasteiger partial charge is 0.349 e. The van der Waals surface area contributed by atoms with Gasteiger partial charge in [-0.1, -0.05) is 18.2 Å². The second-order valence-corrected chi connectivity index (χ2v) is 5.14. The molecule has 1 aromatic carbocycles. The minimum absolute atomic E-state index is 0.0989. The molecule has 0 spiro atoms. The first-order chi connectivity index (χ1) is 10.3. The van der Waals surface area contributed by atoms with Crippen LogP contribution in [0.5, 0.6) is 0 Å². The molecule has 4 nitrogen and oxygen atoms in total. The second-order valence-electron chi connectivity index (χ2n) is 5.14. The molecule has 1 heterocycles. The number of benzene rings is 1. The fourth-order valence-electron chi connectivity index (χ4n) is 2.20. The van der Waals surface area contributed by atoms with Gasteiger partial charge in [0.25, 0.3) is 5.91 Å². The molecule has 1 aromatic heterocycles. The van der Waals surface area contributed by atoms with Crippen molar-refractivity contribution >= 4 is 5.91 Å². The van der Waals surface area contributed by atoms with Crippen LogP contribution in [-0.4, -0.2) is 21.7 Å². The molecule has 7 heteroatoms. The number of carbonyl (C=O) groups is 1. The van der Waals surface area contributed by atoms with E-state index in [1.807, 2.05) is 0 Å². The molecule has 0 aliphatic carbocycles. The Bertz CT molecular complexity index is 664. The molecule has 2 rings (SSSR count). The average molecular weight is 311 g/mol. The Morgan fingerprint density at radius 3 is 2.64 bits per heavy atom. The van der Waals surface area contributed by atoms with E-state index >= 15 is 0 Å². The molecule has 0 saturated heterocycles. The normalized spacial score (nSPS) is 13.0. The molecule has 0 aliphatic heterocycles. The first-order valence-electron chi connectivity index (χ1n) is 6.72. The third kappa shape index (κ3) is 3.87. The van der Waals surface area contributed by atoms with Crippen molar-refractivity contribution in [3.63, 3.8) is 0 Å². The quantitative estimate of drug-likeness (QED) is 0.944. The Balaban J connectivity index is 2.07. The van der Waals surface area contributed by atoms with Crippen molar-refractivity contribution in [2.45, 2.75) is 25.6 Å². The lowest BCUT2D eigenvalue weighted by Gasteiger charge is -2.17. The van der Waals surface area contributed by atoms with Crippen LogP contribution in [0, 0.1) is 0 Å². The third-order valence-electron chi connectivity index (χ3n) is 3.19. The van der Waals surface area contributed by atoms with Crippen molar-refractivity contribution in [1.29, 1.82) is 0 Å². The lowest BCUT2D eigenvalue weighted by molar-refractivity contribution is -0.138. The van der Waals surface area contributed by atoms with Gasteiger partial charge in [0.05, 0.1) is 17.3 Å². The standard InChI is InChI=1S/C15H16F3N3O/c1-10(20-14(22)12-8-19-21(2)9-12)7-11-5-3-4-6-13(11)15(16,17)18/h3-6,8-10H,7H2,1-2H3,(H,20,22)/t10-/m0/s1. The summed E-state index contributed by atoms with van der Waals surface area (Å²) in [6.07, 6.45) is -1.34. The molecule has 1 amide bonds. The zero-order valence-corrected chi connectivity index (χ0v) is 12.2. The molecular weight excluding hydrogens is 295 g/mol. The molecule has 1 atom stereocenters. The molecule has 2 aromatic rings. The van der Waals surface area contributed by atoms with E-state index in [1.165, 1.54) is 23.0 Å². The van der Waals surface area contributed by atoms with E-state index in [1.54, 1.807) is 26.2 Å². The summed E-state index contributed by atoms with van der Waals surface area (Å²) in [4.78, 5) is 12.0. The molecule has 0 aliphatic rings. The van der Waals surface area contributed by atoms with E-state index in [2.05, 4.69) is 10.4 Å². The number of alkyl halides is 3. The maximum absolute atomic E-state index is 12.9. The van der Waals surface area contributed by atoms with Gasteiger partial charge in [-0.2, -0.15) is 18.3 Å². The monoisotopic (exact) mass is 311 g/mol. The number of amides is 1. The zero-order chi connectivity index (χ0) is 16.3. The highest BCUT2D eigenvalue weighted by Gasteiger charge is 2.33. The summed E-state index contributed by atoms with van der Waals surface area (Å²) in [5.41, 5.74) is -0.134. The van der Waals surface area contributed by atoms with Gasteiger partial charge in [-0.25, -0.2) is 0 Å². The molecule has 0 saturated carbocycles. The van der Waals surface area contributed by atoms with E-state index in [0.717, 1.165) is 6.07 Å². The molecular formula is C15H16F3N3O. The Labute approximate surface area is 125 Å². The Morgan fingerprint density at radius 1 is 1.36 bits per heavy atom. The number of aromatic nitrogens is 2. The summed E-state index contributed by atoms with van der Waals surface area (Å²) in [7, 11) is 1.68. The zero-order valence-electron chi connectivity index (χ0n) is 12.2. The number of rotatable bonds is 4. The van der Waals surface area contributed by atoms with Crippen molar-refractivity contribution in [1.82, 2.24) is 15.1 Å². The van der Waals surface area contributed by atoms with Gasteiger partial charge in [-0.3, -0.25) is 9.48 Å². The van der Waals surface area contributed by atoms with E-state index < -0.39 is 17.8 Å². The first-order valence-corrected chi connectivity index (χ1v) is 6.72. The number of halogens is 3. The minimum Gasteiger partial charge on any atom is -0.349 e. The van der Waals surface area contributed by atoms with Crippen LogP contribution < -0.4 is 5.32 Å². The number of carbonyl (C=O) groups excluding carboxylic acids is 1. The summed E-state index contributed by atoms with van der Waals surface area (Å²) < 4.78 is 40.3. The molecule has 0 unspecified atom stereocenters. The molecule has 0 bridgehead atoms. The topological polar surface area (TPSA) is 46.9 Å². The largest absolute Gasteiger partial charge is 0.416 e. The minimum atomic E-state index is -4.40. The lowest BCUT2D eigenvalue weighted by Crippen LogP contribution is -2.34. The van der Waals surface area contributed by atoms with Gasteiger partial charge in [-0.05, 0) is 25.0 Å². The van der Waals surface area contributed by atoms with Gasteiger partial charge in [0, 0.05) is 19.3 Å². The molecule has 1 N–H and O–H groups in total. The predicted octanol–water partition coefficient (Wildman–Crippen LogP) is 2.80. The molecule has 22 heavy (non-hydrogen) atoms. The van der Waals surface area contributed by atoms with Crippen molar-refractivity contribution in [2.75, 3.05) is 0 Å². The van der Waals surface area contributed by atoms with Gasteiger partial charge in [-0.15, -0.1) is 0 Å². The van der Waals surface area contributed by atoms with Crippen LogP contribution in [0.1, 0.15) is 28.4 Å². The molecule has 0 radical (unpaired) electrons. The van der Waals surface area contributed by atoms with Crippen LogP contribution >= 0.6 is 0 Å². The maximum atomic E-state index is 12.9. The van der Waals surface area contributed by atoms with Crippen LogP contribution in [-0.2, 0) is 19.6 Å². The highest BCUT2D eigenvalue weighted by molar-refractivity contribution is 5.93. The number of nitrogens with zero attached hydrogens (tertiary/aromatic N) is 2. The molecule has 118 valence electrons. The van der Waals surface area contributed by atoms with Crippen molar-refractivity contribution in [3.05, 3.63) is 53.3 Å². The van der Waals surface area contributed by atoms with Crippen LogP contribution in [0.3, 0.4) is 0 Å². The van der Waals surface area contributed by atoms with Gasteiger partial charge >= 0.3 is 6.18 Å². The fourth-order valence-corrected chi connectivity index (χ4v) is 2.20. The summed E-state index contributed by atoms with van der Waals surface area (Å²) in [6, 6.07) is 4.95. The van der Waals surface area contributed by atoms with Crippen LogP contribution in [0.25, 0.3) is 0 Å². The van der Waals surface area contributed by atoms with E-state index in [9.17, 15) is 18.0 Å². The van der Waals surface area contributed by atoms with Crippen molar-refractivity contribution in [3.8, 4) is 0 Å². The SMILES string of the molecule is C[C@@H](Cc1ccccc1C(F)(F)F)NC(=O)c1cnn(C)c1. The van der Waals surface area contributed by atoms with Crippen molar-refractivity contribution in [2.24, 2.45) is 7.05 Å².